The molecular formula is C12H13F2N3O3. The lowest BCUT2D eigenvalue weighted by molar-refractivity contribution is -0.386. The van der Waals surface area contributed by atoms with Gasteiger partial charge < -0.3 is 10.6 Å². The van der Waals surface area contributed by atoms with Gasteiger partial charge in [0.1, 0.15) is 11.5 Å². The molecule has 20 heavy (non-hydrogen) atoms. The minimum atomic E-state index is -1.24. The highest BCUT2D eigenvalue weighted by Gasteiger charge is 2.29. The number of carbonyl (C=O) groups is 1. The van der Waals surface area contributed by atoms with Crippen molar-refractivity contribution in [2.24, 2.45) is 5.92 Å². The average molecular weight is 285 g/mol. The fraction of sp³-hybridized carbons (Fsp3) is 0.417. The van der Waals surface area contributed by atoms with Crippen molar-refractivity contribution in [1.29, 1.82) is 0 Å². The monoisotopic (exact) mass is 285 g/mol. The quantitative estimate of drug-likeness (QED) is 0.474. The minimum Gasteiger partial charge on any atom is -0.378 e. The molecule has 2 N–H and O–H groups in total. The lowest BCUT2D eigenvalue weighted by Gasteiger charge is -2.08. The number of hydrogen-bond acceptors (Lipinski definition) is 4. The summed E-state index contributed by atoms with van der Waals surface area (Å²) in [7, 11) is 0. The van der Waals surface area contributed by atoms with Crippen molar-refractivity contribution in [3.05, 3.63) is 33.9 Å². The summed E-state index contributed by atoms with van der Waals surface area (Å²) in [5.41, 5.74) is -1.05. The number of anilines is 1. The van der Waals surface area contributed by atoms with E-state index in [-0.39, 0.29) is 30.6 Å². The Labute approximate surface area is 113 Å². The average Bonchev–Trinajstić information content (AvgIpc) is 3.16. The Bertz CT molecular complexity index is 547. The smallest absolute Gasteiger partial charge is 0.327 e. The van der Waals surface area contributed by atoms with E-state index in [1.54, 1.807) is 0 Å². The summed E-state index contributed by atoms with van der Waals surface area (Å²) in [5.74, 6) is -2.14. The van der Waals surface area contributed by atoms with E-state index in [2.05, 4.69) is 10.6 Å². The van der Waals surface area contributed by atoms with Crippen molar-refractivity contribution in [1.82, 2.24) is 5.32 Å². The molecule has 0 atom stereocenters. The van der Waals surface area contributed by atoms with E-state index in [9.17, 15) is 23.7 Å². The van der Waals surface area contributed by atoms with Gasteiger partial charge in [-0.2, -0.15) is 4.39 Å². The van der Waals surface area contributed by atoms with Crippen molar-refractivity contribution >= 4 is 17.3 Å². The highest BCUT2D eigenvalue weighted by Crippen LogP contribution is 2.29. The standard InChI is InChI=1S/C12H13F2N3O3/c13-8-5-9(14)11(17(19)20)10(6-8)15-3-4-16-12(18)7-1-2-7/h5-7,15H,1-4H2,(H,16,18). The normalized spacial score (nSPS) is 13.9. The molecule has 0 aromatic heterocycles. The maximum atomic E-state index is 13.3. The van der Waals surface area contributed by atoms with E-state index in [0.29, 0.717) is 6.07 Å². The molecular weight excluding hydrogens is 272 g/mol. The number of nitrogens with zero attached hydrogens (tertiary/aromatic N) is 1. The molecule has 0 aliphatic heterocycles. The highest BCUT2D eigenvalue weighted by atomic mass is 19.1. The third kappa shape index (κ3) is 3.40. The number of nitro benzene ring substituents is 1. The zero-order valence-corrected chi connectivity index (χ0v) is 10.5. The molecule has 1 fully saturated rings. The van der Waals surface area contributed by atoms with Crippen molar-refractivity contribution in [2.45, 2.75) is 12.8 Å². The fourth-order valence-corrected chi connectivity index (χ4v) is 1.76. The first-order chi connectivity index (χ1) is 9.49. The van der Waals surface area contributed by atoms with Gasteiger partial charge in [-0.3, -0.25) is 14.9 Å². The van der Waals surface area contributed by atoms with Crippen LogP contribution < -0.4 is 10.6 Å². The van der Waals surface area contributed by atoms with Crippen molar-refractivity contribution in [2.75, 3.05) is 18.4 Å². The van der Waals surface area contributed by atoms with E-state index in [1.165, 1.54) is 0 Å². The van der Waals surface area contributed by atoms with Crippen LogP contribution in [0.3, 0.4) is 0 Å². The molecule has 1 aromatic carbocycles. The second kappa shape index (κ2) is 5.81. The number of amides is 1. The van der Waals surface area contributed by atoms with E-state index >= 15 is 0 Å². The van der Waals surface area contributed by atoms with Crippen molar-refractivity contribution in [3.63, 3.8) is 0 Å². The van der Waals surface area contributed by atoms with E-state index < -0.39 is 22.2 Å². The minimum absolute atomic E-state index is 0.0632. The SMILES string of the molecule is O=C(NCCNc1cc(F)cc(F)c1[N+](=O)[O-])C1CC1. The number of carbonyl (C=O) groups excluding carboxylic acids is 1. The first kappa shape index (κ1) is 14.2. The third-order valence-corrected chi connectivity index (χ3v) is 2.90. The van der Waals surface area contributed by atoms with Crippen LogP contribution in [0.2, 0.25) is 0 Å². The predicted molar refractivity (Wildman–Crippen MR) is 67.2 cm³/mol. The van der Waals surface area contributed by atoms with Gasteiger partial charge in [-0.1, -0.05) is 0 Å². The Hall–Kier alpha value is -2.25. The number of nitro groups is 1. The molecule has 1 aliphatic rings. The van der Waals surface area contributed by atoms with Crippen LogP contribution in [0.15, 0.2) is 12.1 Å². The van der Waals surface area contributed by atoms with Gasteiger partial charge in [0.05, 0.1) is 4.92 Å². The summed E-state index contributed by atoms with van der Waals surface area (Å²) in [6.45, 7) is 0.368. The summed E-state index contributed by atoms with van der Waals surface area (Å²) in [6.07, 6.45) is 1.75. The Morgan fingerprint density at radius 3 is 2.65 bits per heavy atom. The van der Waals surface area contributed by atoms with Gasteiger partial charge in [0, 0.05) is 31.1 Å². The lowest BCUT2D eigenvalue weighted by Crippen LogP contribution is -2.29. The molecule has 1 saturated carbocycles. The molecule has 8 heteroatoms. The number of rotatable bonds is 6. The molecule has 0 saturated heterocycles. The van der Waals surface area contributed by atoms with E-state index in [0.717, 1.165) is 18.9 Å². The molecule has 108 valence electrons. The largest absolute Gasteiger partial charge is 0.378 e. The number of halogens is 2. The van der Waals surface area contributed by atoms with Crippen molar-refractivity contribution < 1.29 is 18.5 Å². The van der Waals surface area contributed by atoms with Crippen molar-refractivity contribution in [3.8, 4) is 0 Å². The summed E-state index contributed by atoms with van der Waals surface area (Å²) in [6, 6.07) is 1.31. The maximum Gasteiger partial charge on any atom is 0.327 e. The van der Waals surface area contributed by atoms with Gasteiger partial charge in [-0.15, -0.1) is 0 Å². The number of nitrogens with one attached hydrogen (secondary N) is 2. The predicted octanol–water partition coefficient (Wildman–Crippen LogP) is 1.81. The third-order valence-electron chi connectivity index (χ3n) is 2.90. The van der Waals surface area contributed by atoms with E-state index in [1.807, 2.05) is 0 Å². The molecule has 0 spiro atoms. The molecule has 1 aliphatic carbocycles. The molecule has 1 aromatic rings. The molecule has 0 unspecified atom stereocenters. The molecule has 1 amide bonds. The van der Waals surface area contributed by atoms with Gasteiger partial charge in [0.15, 0.2) is 0 Å². The first-order valence-electron chi connectivity index (χ1n) is 6.14. The van der Waals surface area contributed by atoms with Gasteiger partial charge >= 0.3 is 5.69 Å². The van der Waals surface area contributed by atoms with Gasteiger partial charge in [-0.05, 0) is 12.8 Å². The van der Waals surface area contributed by atoms with Gasteiger partial charge in [0.25, 0.3) is 0 Å². The number of hydrogen-bond donors (Lipinski definition) is 2. The summed E-state index contributed by atoms with van der Waals surface area (Å²) >= 11 is 0. The van der Waals surface area contributed by atoms with Crippen LogP contribution in [0.4, 0.5) is 20.2 Å². The summed E-state index contributed by atoms with van der Waals surface area (Å²) < 4.78 is 26.4. The molecule has 0 radical (unpaired) electrons. The zero-order valence-electron chi connectivity index (χ0n) is 10.5. The Kier molecular flexibility index (Phi) is 4.11. The first-order valence-corrected chi connectivity index (χ1v) is 6.14. The topological polar surface area (TPSA) is 84.3 Å². The molecule has 6 nitrogen and oxygen atoms in total. The fourth-order valence-electron chi connectivity index (χ4n) is 1.76. The second-order valence-corrected chi connectivity index (χ2v) is 4.53. The van der Waals surface area contributed by atoms with Gasteiger partial charge in [0.2, 0.25) is 11.7 Å². The molecule has 0 bridgehead atoms. The Morgan fingerprint density at radius 1 is 1.35 bits per heavy atom. The van der Waals surface area contributed by atoms with E-state index in [4.69, 9.17) is 0 Å². The van der Waals surface area contributed by atoms with Crippen LogP contribution in [0.25, 0.3) is 0 Å². The van der Waals surface area contributed by atoms with Crippen LogP contribution in [0.5, 0.6) is 0 Å². The second-order valence-electron chi connectivity index (χ2n) is 4.53. The zero-order chi connectivity index (χ0) is 14.7. The van der Waals surface area contributed by atoms with Gasteiger partial charge in [-0.25, -0.2) is 4.39 Å². The van der Waals surface area contributed by atoms with Crippen LogP contribution >= 0.6 is 0 Å². The van der Waals surface area contributed by atoms with Crippen LogP contribution in [0.1, 0.15) is 12.8 Å². The van der Waals surface area contributed by atoms with Crippen LogP contribution in [0, 0.1) is 27.7 Å². The lowest BCUT2D eigenvalue weighted by atomic mass is 10.2. The Morgan fingerprint density at radius 2 is 2.05 bits per heavy atom. The molecule has 0 heterocycles. The number of benzene rings is 1. The molecule has 2 rings (SSSR count). The highest BCUT2D eigenvalue weighted by molar-refractivity contribution is 5.80. The maximum absolute atomic E-state index is 13.3. The van der Waals surface area contributed by atoms with Crippen LogP contribution in [-0.2, 0) is 4.79 Å². The Balaban J connectivity index is 1.94. The summed E-state index contributed by atoms with van der Waals surface area (Å²) in [4.78, 5) is 21.1. The van der Waals surface area contributed by atoms with Crippen LogP contribution in [-0.4, -0.2) is 23.9 Å². The summed E-state index contributed by atoms with van der Waals surface area (Å²) in [5, 5.41) is 15.9.